The van der Waals surface area contributed by atoms with Crippen LogP contribution in [0.4, 0.5) is 0 Å². The molecule has 8 rings (SSSR count). The molecule has 0 bridgehead atoms. The molecule has 0 amide bonds. The van der Waals surface area contributed by atoms with E-state index in [1.807, 2.05) is 0 Å². The van der Waals surface area contributed by atoms with Crippen molar-refractivity contribution in [3.8, 4) is 22.3 Å². The van der Waals surface area contributed by atoms with Crippen molar-refractivity contribution in [2.45, 2.75) is 95.3 Å². The van der Waals surface area contributed by atoms with E-state index < -0.39 is 54.9 Å². The van der Waals surface area contributed by atoms with Gasteiger partial charge in [0.25, 0.3) is 0 Å². The molecule has 2 atom stereocenters. The average Bonchev–Trinajstić information content (AvgIpc) is 3.87. The Labute approximate surface area is 380 Å². The van der Waals surface area contributed by atoms with Crippen molar-refractivity contribution in [2.75, 3.05) is 0 Å². The molecule has 0 N–H and O–H groups in total. The first-order valence-corrected chi connectivity index (χ1v) is 55.3. The third kappa shape index (κ3) is 8.19. The molecule has 62 heavy (non-hydrogen) atoms. The molecule has 0 heterocycles. The van der Waals surface area contributed by atoms with Gasteiger partial charge in [-0.05, 0) is 0 Å². The fourth-order valence-electron chi connectivity index (χ4n) is 10.8. The third-order valence-electron chi connectivity index (χ3n) is 14.6. The van der Waals surface area contributed by atoms with Crippen molar-refractivity contribution in [3.63, 3.8) is 0 Å². The van der Waals surface area contributed by atoms with Gasteiger partial charge in [0.05, 0.1) is 0 Å². The predicted octanol–water partition coefficient (Wildman–Crippen LogP) is 12.6. The quantitative estimate of drug-likeness (QED) is 0.120. The normalized spacial score (nSPS) is 16.7. The number of benzene rings is 6. The summed E-state index contributed by atoms with van der Waals surface area (Å²) in [5, 5.41) is 9.43. The summed E-state index contributed by atoms with van der Waals surface area (Å²) in [6.07, 6.45) is 10.6. The first kappa shape index (κ1) is 45.3. The van der Waals surface area contributed by atoms with Crippen LogP contribution in [0.5, 0.6) is 0 Å². The number of hydrogen-bond donors (Lipinski definition) is 0. The van der Waals surface area contributed by atoms with Crippen LogP contribution in [0.2, 0.25) is 87.9 Å². The van der Waals surface area contributed by atoms with E-state index in [9.17, 15) is 0 Å². The van der Waals surface area contributed by atoms with Crippen LogP contribution in [-0.2, 0) is 17.1 Å². The van der Waals surface area contributed by atoms with E-state index in [-0.39, 0.29) is 0 Å². The molecular weight excluding hydrogens is 992 g/mol. The third-order valence-corrected chi connectivity index (χ3v) is 71.8. The summed E-state index contributed by atoms with van der Waals surface area (Å²) in [5.41, 5.74) is 10.4. The Morgan fingerprint density at radius 2 is 0.710 bits per heavy atom. The molecule has 0 saturated carbocycles. The maximum atomic E-state index is 2.91. The molecule has 6 aromatic carbocycles. The first-order chi connectivity index (χ1) is 29.0. The zero-order valence-corrected chi connectivity index (χ0v) is 48.8. The van der Waals surface area contributed by atoms with E-state index in [4.69, 9.17) is 0 Å². The van der Waals surface area contributed by atoms with Crippen LogP contribution in [0.1, 0.15) is 29.6 Å². The average molecular weight is 1060 g/mol. The molecule has 2 aliphatic rings. The van der Waals surface area contributed by atoms with Crippen LogP contribution in [0.25, 0.3) is 34.4 Å². The molecule has 0 aliphatic heterocycles. The van der Waals surface area contributed by atoms with Gasteiger partial charge in [-0.1, -0.05) is 0 Å². The van der Waals surface area contributed by atoms with Crippen LogP contribution in [0.3, 0.4) is 0 Å². The Morgan fingerprint density at radius 3 is 1.02 bits per heavy atom. The van der Waals surface area contributed by atoms with Crippen molar-refractivity contribution in [2.24, 2.45) is 0 Å². The van der Waals surface area contributed by atoms with Crippen LogP contribution in [0.15, 0.2) is 146 Å². The van der Waals surface area contributed by atoms with Crippen molar-refractivity contribution in [1.29, 1.82) is 0 Å². The summed E-state index contributed by atoms with van der Waals surface area (Å²) in [5.74, 6) is 0. The molecule has 0 saturated heterocycles. The fourth-order valence-corrected chi connectivity index (χ4v) is 68.7. The van der Waals surface area contributed by atoms with Gasteiger partial charge in [0.1, 0.15) is 0 Å². The summed E-state index contributed by atoms with van der Waals surface area (Å²) >= 11 is -4.55. The van der Waals surface area contributed by atoms with Gasteiger partial charge in [-0.25, -0.2) is 0 Å². The Bertz CT molecular complexity index is 2580. The van der Waals surface area contributed by atoms with Gasteiger partial charge >= 0.3 is 384 Å². The Morgan fingerprint density at radius 1 is 0.387 bits per heavy atom. The molecule has 2 aliphatic carbocycles. The van der Waals surface area contributed by atoms with E-state index in [2.05, 4.69) is 246 Å². The van der Waals surface area contributed by atoms with Gasteiger partial charge in [-0.3, -0.25) is 0 Å². The molecule has 6 aromatic rings. The van der Waals surface area contributed by atoms with Crippen LogP contribution in [-0.4, -0.2) is 37.8 Å². The first-order valence-electron chi connectivity index (χ1n) is 23.1. The van der Waals surface area contributed by atoms with E-state index in [0.717, 1.165) is 0 Å². The standard InChI is InChI=1S/2C21H27Si2.C12H10Si.2CH3.Hf/c2*1-22(2,3)18-13-17(14-19(15-18)23(4,5)6)21-12-8-10-16-9-7-11-20(16)21;1-3-7-11(8-4-1)13-12-9-5-2-6-10-12;;;/h2*7-15H,1-6H3;1-10H;2*1H3;. The van der Waals surface area contributed by atoms with E-state index in [0.29, 0.717) is 7.35 Å². The van der Waals surface area contributed by atoms with Crippen molar-refractivity contribution in [1.82, 2.24) is 0 Å². The second kappa shape index (κ2) is 16.0. The molecule has 0 spiro atoms. The van der Waals surface area contributed by atoms with E-state index >= 15 is 0 Å². The van der Waals surface area contributed by atoms with Gasteiger partial charge in [0.15, 0.2) is 0 Å². The molecule has 0 aromatic heterocycles. The minimum atomic E-state index is -4.55. The fraction of sp³-hybridized carbons (Fsp3) is 0.286. The van der Waals surface area contributed by atoms with Gasteiger partial charge in [0, 0.05) is 0 Å². The predicted molar refractivity (Wildman–Crippen MR) is 289 cm³/mol. The van der Waals surface area contributed by atoms with Gasteiger partial charge in [0.2, 0.25) is 0 Å². The Hall–Kier alpha value is -3.25. The summed E-state index contributed by atoms with van der Waals surface area (Å²) in [6.45, 7) is 30.1. The Balaban J connectivity index is 1.42. The maximum absolute atomic E-state index is 4.55. The van der Waals surface area contributed by atoms with Crippen molar-refractivity contribution >= 4 is 81.1 Å². The zero-order valence-electron chi connectivity index (χ0n) is 40.2. The topological polar surface area (TPSA) is 0 Å². The van der Waals surface area contributed by atoms with Gasteiger partial charge in [-0.15, -0.1) is 0 Å². The molecule has 318 valence electrons. The van der Waals surface area contributed by atoms with E-state index in [1.165, 1.54) is 33.4 Å². The SMILES string of the molecule is C[Si](C)(C)c1cc(-c2cccc3c2C=C[CH]3[Hf]([CH3])([CH3])([CH]2C=Cc3c(-c4cc([Si](C)(C)C)cc([Si](C)(C)C)c4)cccc32)=[Si](c2ccccc2)c2ccccc2)cc([Si](C)(C)C)c1. The molecule has 6 heteroatoms. The van der Waals surface area contributed by atoms with Gasteiger partial charge < -0.3 is 0 Å². The monoisotopic (exact) mass is 1060 g/mol. The van der Waals surface area contributed by atoms with Crippen LogP contribution >= 0.6 is 0 Å². The second-order valence-electron chi connectivity index (χ2n) is 23.6. The van der Waals surface area contributed by atoms with Crippen LogP contribution in [0, 0.1) is 0 Å². The Kier molecular flexibility index (Phi) is 11.7. The van der Waals surface area contributed by atoms with Gasteiger partial charge in [-0.2, -0.15) is 0 Å². The second-order valence-corrected chi connectivity index (χ2v) is 87.3. The molecule has 0 fully saturated rings. The van der Waals surface area contributed by atoms with Crippen molar-refractivity contribution in [3.05, 3.63) is 168 Å². The summed E-state index contributed by atoms with van der Waals surface area (Å²) < 4.78 is 6.57. The number of rotatable bonds is 10. The van der Waals surface area contributed by atoms with Crippen molar-refractivity contribution < 1.29 is 17.1 Å². The molecule has 0 nitrogen and oxygen atoms in total. The zero-order chi connectivity index (χ0) is 44.6. The van der Waals surface area contributed by atoms with E-state index in [1.54, 1.807) is 42.2 Å². The summed E-state index contributed by atoms with van der Waals surface area (Å²) in [4.78, 5) is 0. The van der Waals surface area contributed by atoms with Crippen LogP contribution < -0.4 is 31.1 Å². The molecule has 2 unspecified atom stereocenters. The number of fused-ring (bicyclic) bond motifs is 2. The number of allylic oxidation sites excluding steroid dienone is 2. The number of hydrogen-bond acceptors (Lipinski definition) is 0. The minimum absolute atomic E-state index is 0.380. The molecular formula is C56H70HfSi5. The molecule has 0 radical (unpaired) electrons. The summed E-state index contributed by atoms with van der Waals surface area (Å²) in [6, 6.07) is 53.7. The summed E-state index contributed by atoms with van der Waals surface area (Å²) in [7, 11) is -6.28.